The van der Waals surface area contributed by atoms with Gasteiger partial charge in [0.1, 0.15) is 5.69 Å². The van der Waals surface area contributed by atoms with E-state index in [0.717, 1.165) is 13.1 Å². The highest BCUT2D eigenvalue weighted by molar-refractivity contribution is 6.33. The standard InChI is InChI=1S/C10H14ClN3O2/c1-2-12-6-7-13-10-8(11)4-3-5-9(10)14(15)16/h3-5,12-13H,2,6-7H2,1H3. The summed E-state index contributed by atoms with van der Waals surface area (Å²) in [5.41, 5.74) is 0.385. The Labute approximate surface area is 98.9 Å². The summed E-state index contributed by atoms with van der Waals surface area (Å²) in [5.74, 6) is 0. The van der Waals surface area contributed by atoms with Crippen LogP contribution in [0.1, 0.15) is 6.92 Å². The molecule has 0 unspecified atom stereocenters. The maximum absolute atomic E-state index is 10.8. The molecule has 1 rings (SSSR count). The van der Waals surface area contributed by atoms with Crippen molar-refractivity contribution in [1.29, 1.82) is 0 Å². The van der Waals surface area contributed by atoms with Crippen molar-refractivity contribution in [3.63, 3.8) is 0 Å². The van der Waals surface area contributed by atoms with E-state index in [1.165, 1.54) is 6.07 Å². The topological polar surface area (TPSA) is 67.2 Å². The SMILES string of the molecule is CCNCCNc1c(Cl)cccc1[N+](=O)[O-]. The molecule has 0 amide bonds. The second kappa shape index (κ2) is 6.30. The van der Waals surface area contributed by atoms with Crippen LogP contribution in [0.2, 0.25) is 5.02 Å². The van der Waals surface area contributed by atoms with Gasteiger partial charge in [-0.3, -0.25) is 10.1 Å². The van der Waals surface area contributed by atoms with Gasteiger partial charge < -0.3 is 10.6 Å². The number of para-hydroxylation sites is 1. The molecule has 2 N–H and O–H groups in total. The molecule has 0 saturated heterocycles. The largest absolute Gasteiger partial charge is 0.377 e. The van der Waals surface area contributed by atoms with Gasteiger partial charge in [0.2, 0.25) is 0 Å². The molecule has 1 aromatic carbocycles. The molecule has 0 heterocycles. The number of halogens is 1. The summed E-state index contributed by atoms with van der Waals surface area (Å²) in [6.45, 7) is 4.20. The van der Waals surface area contributed by atoms with E-state index < -0.39 is 4.92 Å². The third-order valence-corrected chi connectivity index (χ3v) is 2.36. The Morgan fingerprint density at radius 2 is 2.19 bits per heavy atom. The molecule has 0 spiro atoms. The molecular formula is C10H14ClN3O2. The Balaban J connectivity index is 2.73. The van der Waals surface area contributed by atoms with Gasteiger partial charge in [-0.05, 0) is 12.6 Å². The van der Waals surface area contributed by atoms with Gasteiger partial charge in [-0.2, -0.15) is 0 Å². The lowest BCUT2D eigenvalue weighted by atomic mass is 10.2. The van der Waals surface area contributed by atoms with Crippen molar-refractivity contribution in [2.45, 2.75) is 6.92 Å². The zero-order chi connectivity index (χ0) is 12.0. The normalized spacial score (nSPS) is 10.1. The lowest BCUT2D eigenvalue weighted by Gasteiger charge is -2.08. The Morgan fingerprint density at radius 3 is 2.81 bits per heavy atom. The van der Waals surface area contributed by atoms with Crippen LogP contribution in [0.4, 0.5) is 11.4 Å². The maximum atomic E-state index is 10.8. The number of rotatable bonds is 6. The van der Waals surface area contributed by atoms with E-state index in [9.17, 15) is 10.1 Å². The van der Waals surface area contributed by atoms with Crippen molar-refractivity contribution in [2.24, 2.45) is 0 Å². The van der Waals surface area contributed by atoms with E-state index in [4.69, 9.17) is 11.6 Å². The average Bonchev–Trinajstić information content (AvgIpc) is 2.25. The highest BCUT2D eigenvalue weighted by Gasteiger charge is 2.15. The van der Waals surface area contributed by atoms with E-state index >= 15 is 0 Å². The molecule has 0 radical (unpaired) electrons. The molecule has 1 aromatic rings. The monoisotopic (exact) mass is 243 g/mol. The predicted molar refractivity (Wildman–Crippen MR) is 65.1 cm³/mol. The summed E-state index contributed by atoms with van der Waals surface area (Å²) < 4.78 is 0. The van der Waals surface area contributed by atoms with Crippen LogP contribution in [0.15, 0.2) is 18.2 Å². The maximum Gasteiger partial charge on any atom is 0.293 e. The third kappa shape index (κ3) is 3.36. The molecule has 5 nitrogen and oxygen atoms in total. The first-order chi connectivity index (χ1) is 7.66. The van der Waals surface area contributed by atoms with Crippen LogP contribution in [-0.4, -0.2) is 24.6 Å². The van der Waals surface area contributed by atoms with Crippen LogP contribution < -0.4 is 10.6 Å². The number of nitro groups is 1. The average molecular weight is 244 g/mol. The minimum atomic E-state index is -0.443. The first-order valence-electron chi connectivity index (χ1n) is 5.04. The molecule has 6 heteroatoms. The van der Waals surface area contributed by atoms with Crippen LogP contribution in [-0.2, 0) is 0 Å². The van der Waals surface area contributed by atoms with Gasteiger partial charge in [0.15, 0.2) is 0 Å². The van der Waals surface area contributed by atoms with Crippen LogP contribution in [0.3, 0.4) is 0 Å². The smallest absolute Gasteiger partial charge is 0.293 e. The van der Waals surface area contributed by atoms with Crippen molar-refractivity contribution in [3.8, 4) is 0 Å². The van der Waals surface area contributed by atoms with Gasteiger partial charge in [0.05, 0.1) is 9.95 Å². The number of benzene rings is 1. The molecule has 0 fully saturated rings. The number of nitrogens with zero attached hydrogens (tertiary/aromatic N) is 1. The van der Waals surface area contributed by atoms with Crippen molar-refractivity contribution in [1.82, 2.24) is 5.32 Å². The van der Waals surface area contributed by atoms with Crippen LogP contribution >= 0.6 is 11.6 Å². The quantitative estimate of drug-likeness (QED) is 0.457. The molecule has 0 aliphatic carbocycles. The van der Waals surface area contributed by atoms with Gasteiger partial charge >= 0.3 is 0 Å². The fraction of sp³-hybridized carbons (Fsp3) is 0.400. The van der Waals surface area contributed by atoms with Gasteiger partial charge in [0, 0.05) is 19.2 Å². The van der Waals surface area contributed by atoms with Crippen molar-refractivity contribution in [3.05, 3.63) is 33.3 Å². The van der Waals surface area contributed by atoms with Crippen molar-refractivity contribution < 1.29 is 4.92 Å². The molecule has 88 valence electrons. The van der Waals surface area contributed by atoms with E-state index in [1.807, 2.05) is 6.92 Å². The number of nitrogens with one attached hydrogen (secondary N) is 2. The van der Waals surface area contributed by atoms with Crippen LogP contribution in [0.25, 0.3) is 0 Å². The summed E-state index contributed by atoms with van der Waals surface area (Å²) in [7, 11) is 0. The first kappa shape index (κ1) is 12.7. The molecule has 0 bridgehead atoms. The van der Waals surface area contributed by atoms with Crippen LogP contribution in [0, 0.1) is 10.1 Å². The number of hydrogen-bond donors (Lipinski definition) is 2. The number of hydrogen-bond acceptors (Lipinski definition) is 4. The first-order valence-corrected chi connectivity index (χ1v) is 5.42. The molecule has 0 saturated carbocycles. The second-order valence-corrected chi connectivity index (χ2v) is 3.58. The summed E-state index contributed by atoms with van der Waals surface area (Å²) in [4.78, 5) is 10.3. The fourth-order valence-electron chi connectivity index (χ4n) is 1.29. The summed E-state index contributed by atoms with van der Waals surface area (Å²) in [5, 5.41) is 17.2. The molecular weight excluding hydrogens is 230 g/mol. The van der Waals surface area contributed by atoms with Gasteiger partial charge in [-0.15, -0.1) is 0 Å². The Bertz CT molecular complexity index is 371. The fourth-order valence-corrected chi connectivity index (χ4v) is 1.53. The number of likely N-dealkylation sites (N-methyl/N-ethyl adjacent to an activating group) is 1. The lowest BCUT2D eigenvalue weighted by Crippen LogP contribution is -2.21. The second-order valence-electron chi connectivity index (χ2n) is 3.17. The van der Waals surface area contributed by atoms with E-state index in [0.29, 0.717) is 17.3 Å². The van der Waals surface area contributed by atoms with E-state index in [2.05, 4.69) is 10.6 Å². The highest BCUT2D eigenvalue weighted by Crippen LogP contribution is 2.31. The molecule has 0 atom stereocenters. The molecule has 16 heavy (non-hydrogen) atoms. The summed E-state index contributed by atoms with van der Waals surface area (Å²) >= 11 is 5.90. The van der Waals surface area contributed by atoms with E-state index in [1.54, 1.807) is 12.1 Å². The highest BCUT2D eigenvalue weighted by atomic mass is 35.5. The Hall–Kier alpha value is -1.33. The molecule has 0 aromatic heterocycles. The van der Waals surface area contributed by atoms with Gasteiger partial charge in [-0.1, -0.05) is 24.6 Å². The summed E-state index contributed by atoms with van der Waals surface area (Å²) in [6, 6.07) is 4.63. The van der Waals surface area contributed by atoms with Crippen molar-refractivity contribution in [2.75, 3.05) is 25.0 Å². The van der Waals surface area contributed by atoms with Crippen LogP contribution in [0.5, 0.6) is 0 Å². The molecule has 0 aliphatic heterocycles. The zero-order valence-electron chi connectivity index (χ0n) is 9.00. The zero-order valence-corrected chi connectivity index (χ0v) is 9.75. The Morgan fingerprint density at radius 1 is 1.44 bits per heavy atom. The van der Waals surface area contributed by atoms with E-state index in [-0.39, 0.29) is 5.69 Å². The number of anilines is 1. The minimum Gasteiger partial charge on any atom is -0.377 e. The predicted octanol–water partition coefficient (Wildman–Crippen LogP) is 2.27. The van der Waals surface area contributed by atoms with Crippen molar-refractivity contribution >= 4 is 23.0 Å². The number of nitro benzene ring substituents is 1. The summed E-state index contributed by atoms with van der Waals surface area (Å²) in [6.07, 6.45) is 0. The van der Waals surface area contributed by atoms with Gasteiger partial charge in [0.25, 0.3) is 5.69 Å². The third-order valence-electron chi connectivity index (χ3n) is 2.04. The lowest BCUT2D eigenvalue weighted by molar-refractivity contribution is -0.383. The Kier molecular flexibility index (Phi) is 5.01. The van der Waals surface area contributed by atoms with Gasteiger partial charge in [-0.25, -0.2) is 0 Å². The molecule has 0 aliphatic rings. The minimum absolute atomic E-state index is 0.00370.